The van der Waals surface area contributed by atoms with Crippen molar-refractivity contribution in [1.29, 1.82) is 0 Å². The number of nitrogens with one attached hydrogen (secondary N) is 1. The zero-order valence-corrected chi connectivity index (χ0v) is 12.8. The summed E-state index contributed by atoms with van der Waals surface area (Å²) in [4.78, 5) is 16.9. The number of para-hydroxylation sites is 1. The molecule has 2 fully saturated rings. The Hall–Kier alpha value is -1.55. The number of aryl methyl sites for hydroxylation is 1. The topological polar surface area (TPSA) is 35.6 Å². The predicted octanol–water partition coefficient (Wildman–Crippen LogP) is 2.94. The summed E-state index contributed by atoms with van der Waals surface area (Å²) in [6.07, 6.45) is 3.81. The fourth-order valence-electron chi connectivity index (χ4n) is 3.40. The number of benzene rings is 1. The van der Waals surface area contributed by atoms with Crippen LogP contribution in [0.1, 0.15) is 24.8 Å². The van der Waals surface area contributed by atoms with E-state index in [2.05, 4.69) is 10.2 Å². The first-order valence-electron chi connectivity index (χ1n) is 8.06. The van der Waals surface area contributed by atoms with Crippen molar-refractivity contribution in [3.05, 3.63) is 29.8 Å². The lowest BCUT2D eigenvalue weighted by molar-refractivity contribution is 0.217. The summed E-state index contributed by atoms with van der Waals surface area (Å²) in [5.41, 5.74) is 2.03. The molecule has 2 aliphatic heterocycles. The highest BCUT2D eigenvalue weighted by Crippen LogP contribution is 2.21. The molecule has 0 aliphatic carbocycles. The van der Waals surface area contributed by atoms with Gasteiger partial charge in [0.2, 0.25) is 0 Å². The number of rotatable bonds is 3. The third-order valence-corrected chi connectivity index (χ3v) is 4.67. The molecular formula is C17H25N3O. The van der Waals surface area contributed by atoms with Crippen molar-refractivity contribution in [3.8, 4) is 0 Å². The Labute approximate surface area is 127 Å². The van der Waals surface area contributed by atoms with Crippen molar-refractivity contribution in [1.82, 2.24) is 9.80 Å². The molecule has 0 bridgehead atoms. The third-order valence-electron chi connectivity index (χ3n) is 4.67. The first-order valence-corrected chi connectivity index (χ1v) is 8.06. The number of amides is 2. The standard InChI is InChI=1S/C17H25N3O/c1-14-6-2-3-7-16(14)18-17(21)20-11-8-15(13-20)12-19-9-4-5-10-19/h2-3,6-7,15H,4-5,8-13H2,1H3,(H,18,21). The van der Waals surface area contributed by atoms with Crippen LogP contribution in [0.5, 0.6) is 0 Å². The third kappa shape index (κ3) is 3.56. The number of carbonyl (C=O) groups is 1. The van der Waals surface area contributed by atoms with Gasteiger partial charge in [0.1, 0.15) is 0 Å². The lowest BCUT2D eigenvalue weighted by Crippen LogP contribution is -2.35. The molecule has 1 atom stereocenters. The van der Waals surface area contributed by atoms with Gasteiger partial charge in [-0.15, -0.1) is 0 Å². The van der Waals surface area contributed by atoms with Gasteiger partial charge >= 0.3 is 6.03 Å². The second-order valence-electron chi connectivity index (χ2n) is 6.35. The molecule has 0 aromatic heterocycles. The molecule has 1 aromatic carbocycles. The van der Waals surface area contributed by atoms with Crippen LogP contribution in [0.3, 0.4) is 0 Å². The van der Waals surface area contributed by atoms with Crippen LogP contribution in [0.2, 0.25) is 0 Å². The largest absolute Gasteiger partial charge is 0.324 e. The first-order chi connectivity index (χ1) is 10.2. The van der Waals surface area contributed by atoms with Crippen molar-refractivity contribution in [2.75, 3.05) is 38.0 Å². The van der Waals surface area contributed by atoms with Gasteiger partial charge in [-0.3, -0.25) is 0 Å². The average Bonchev–Trinajstić information content (AvgIpc) is 3.13. The smallest absolute Gasteiger partial charge is 0.321 e. The quantitative estimate of drug-likeness (QED) is 0.927. The highest BCUT2D eigenvalue weighted by molar-refractivity contribution is 5.90. The number of hydrogen-bond donors (Lipinski definition) is 1. The Bertz CT molecular complexity index is 497. The van der Waals surface area contributed by atoms with Crippen LogP contribution in [0, 0.1) is 12.8 Å². The molecule has 0 saturated carbocycles. The molecule has 4 nitrogen and oxygen atoms in total. The van der Waals surface area contributed by atoms with E-state index in [4.69, 9.17) is 0 Å². The second-order valence-corrected chi connectivity index (χ2v) is 6.35. The maximum absolute atomic E-state index is 12.4. The highest BCUT2D eigenvalue weighted by Gasteiger charge is 2.28. The summed E-state index contributed by atoms with van der Waals surface area (Å²) in [6.45, 7) is 7.45. The molecule has 3 rings (SSSR count). The van der Waals surface area contributed by atoms with E-state index in [0.29, 0.717) is 5.92 Å². The second kappa shape index (κ2) is 6.48. The Balaban J connectivity index is 1.51. The monoisotopic (exact) mass is 287 g/mol. The summed E-state index contributed by atoms with van der Waals surface area (Å²) < 4.78 is 0. The predicted molar refractivity (Wildman–Crippen MR) is 85.6 cm³/mol. The van der Waals surface area contributed by atoms with Crippen LogP contribution < -0.4 is 5.32 Å². The minimum absolute atomic E-state index is 0.0493. The van der Waals surface area contributed by atoms with Gasteiger partial charge in [0, 0.05) is 25.3 Å². The SMILES string of the molecule is Cc1ccccc1NC(=O)N1CCC(CN2CCCC2)C1. The van der Waals surface area contributed by atoms with Crippen LogP contribution in [-0.4, -0.2) is 48.6 Å². The molecule has 1 N–H and O–H groups in total. The molecule has 2 heterocycles. The van der Waals surface area contributed by atoms with Gasteiger partial charge in [0.25, 0.3) is 0 Å². The van der Waals surface area contributed by atoms with Gasteiger partial charge in [0.15, 0.2) is 0 Å². The summed E-state index contributed by atoms with van der Waals surface area (Å²) in [5.74, 6) is 0.644. The van der Waals surface area contributed by atoms with E-state index in [1.165, 1.54) is 25.9 Å². The van der Waals surface area contributed by atoms with Gasteiger partial charge in [-0.05, 0) is 56.8 Å². The van der Waals surface area contributed by atoms with Gasteiger partial charge < -0.3 is 15.1 Å². The Morgan fingerprint density at radius 3 is 2.76 bits per heavy atom. The first kappa shape index (κ1) is 14.4. The minimum Gasteiger partial charge on any atom is -0.324 e. The van der Waals surface area contributed by atoms with Crippen molar-refractivity contribution >= 4 is 11.7 Å². The van der Waals surface area contributed by atoms with Crippen LogP contribution in [0.15, 0.2) is 24.3 Å². The molecule has 4 heteroatoms. The van der Waals surface area contributed by atoms with E-state index in [-0.39, 0.29) is 6.03 Å². The van der Waals surface area contributed by atoms with Crippen LogP contribution in [0.4, 0.5) is 10.5 Å². The van der Waals surface area contributed by atoms with E-state index in [9.17, 15) is 4.79 Å². The van der Waals surface area contributed by atoms with Gasteiger partial charge in [-0.2, -0.15) is 0 Å². The number of carbonyl (C=O) groups excluding carboxylic acids is 1. The molecule has 1 aromatic rings. The van der Waals surface area contributed by atoms with Crippen LogP contribution in [-0.2, 0) is 0 Å². The summed E-state index contributed by atoms with van der Waals surface area (Å²) >= 11 is 0. The maximum Gasteiger partial charge on any atom is 0.321 e. The summed E-state index contributed by atoms with van der Waals surface area (Å²) in [5, 5.41) is 3.04. The van der Waals surface area contributed by atoms with E-state index < -0.39 is 0 Å². The highest BCUT2D eigenvalue weighted by atomic mass is 16.2. The van der Waals surface area contributed by atoms with Gasteiger partial charge in [-0.1, -0.05) is 18.2 Å². The number of likely N-dealkylation sites (tertiary alicyclic amines) is 2. The van der Waals surface area contributed by atoms with E-state index in [1.807, 2.05) is 36.1 Å². The number of nitrogens with zero attached hydrogens (tertiary/aromatic N) is 2. The molecule has 0 radical (unpaired) electrons. The van der Waals surface area contributed by atoms with E-state index in [1.54, 1.807) is 0 Å². The van der Waals surface area contributed by atoms with Gasteiger partial charge in [-0.25, -0.2) is 4.79 Å². The minimum atomic E-state index is 0.0493. The Kier molecular flexibility index (Phi) is 4.44. The molecule has 21 heavy (non-hydrogen) atoms. The summed E-state index contributed by atoms with van der Waals surface area (Å²) in [6, 6.07) is 7.99. The lowest BCUT2D eigenvalue weighted by atomic mass is 10.1. The van der Waals surface area contributed by atoms with E-state index in [0.717, 1.165) is 37.3 Å². The Morgan fingerprint density at radius 1 is 1.24 bits per heavy atom. The normalized spacial score (nSPS) is 22.7. The summed E-state index contributed by atoms with van der Waals surface area (Å²) in [7, 11) is 0. The van der Waals surface area contributed by atoms with Crippen molar-refractivity contribution in [2.24, 2.45) is 5.92 Å². The molecule has 0 spiro atoms. The fourth-order valence-corrected chi connectivity index (χ4v) is 3.40. The van der Waals surface area contributed by atoms with Crippen molar-refractivity contribution in [2.45, 2.75) is 26.2 Å². The van der Waals surface area contributed by atoms with Crippen molar-refractivity contribution in [3.63, 3.8) is 0 Å². The molecule has 114 valence electrons. The zero-order chi connectivity index (χ0) is 14.7. The van der Waals surface area contributed by atoms with Crippen LogP contribution >= 0.6 is 0 Å². The molecule has 2 amide bonds. The number of hydrogen-bond acceptors (Lipinski definition) is 2. The number of anilines is 1. The maximum atomic E-state index is 12.4. The molecule has 1 unspecified atom stereocenters. The van der Waals surface area contributed by atoms with Crippen molar-refractivity contribution < 1.29 is 4.79 Å². The molecule has 2 aliphatic rings. The van der Waals surface area contributed by atoms with Gasteiger partial charge in [0.05, 0.1) is 0 Å². The average molecular weight is 287 g/mol. The fraction of sp³-hybridized carbons (Fsp3) is 0.588. The zero-order valence-electron chi connectivity index (χ0n) is 12.8. The molecular weight excluding hydrogens is 262 g/mol. The number of urea groups is 1. The lowest BCUT2D eigenvalue weighted by Gasteiger charge is -2.21. The van der Waals surface area contributed by atoms with Crippen LogP contribution in [0.25, 0.3) is 0 Å². The van der Waals surface area contributed by atoms with E-state index >= 15 is 0 Å². The Morgan fingerprint density at radius 2 is 2.00 bits per heavy atom. The molecule has 2 saturated heterocycles.